The van der Waals surface area contributed by atoms with Crippen LogP contribution in [0.25, 0.3) is 11.1 Å². The van der Waals surface area contributed by atoms with Crippen molar-refractivity contribution in [2.75, 3.05) is 0 Å². The van der Waals surface area contributed by atoms with Crippen molar-refractivity contribution in [3.05, 3.63) is 59.7 Å². The summed E-state index contributed by atoms with van der Waals surface area (Å²) in [5, 5.41) is 0. The molecule has 0 saturated heterocycles. The fourth-order valence-electron chi connectivity index (χ4n) is 2.09. The molecule has 0 saturated carbocycles. The lowest BCUT2D eigenvalue weighted by molar-refractivity contribution is 0.734. The Morgan fingerprint density at radius 3 is 2.24 bits per heavy atom. The molecule has 0 heteroatoms. The van der Waals surface area contributed by atoms with Crippen LogP contribution in [0.1, 0.15) is 37.3 Å². The third kappa shape index (κ3) is 2.76. The van der Waals surface area contributed by atoms with Crippen LogP contribution in [0.4, 0.5) is 0 Å². The third-order valence-electron chi connectivity index (χ3n) is 3.42. The first kappa shape index (κ1) is 11.9. The minimum absolute atomic E-state index is 0.639. The normalized spacial score (nSPS) is 12.4. The van der Waals surface area contributed by atoms with Crippen LogP contribution in [-0.4, -0.2) is 0 Å². The van der Waals surface area contributed by atoms with E-state index in [-0.39, 0.29) is 0 Å². The minimum Gasteiger partial charge on any atom is -0.0648 e. The van der Waals surface area contributed by atoms with Crippen LogP contribution in [-0.2, 0) is 0 Å². The number of hydrogen-bond donors (Lipinski definition) is 0. The van der Waals surface area contributed by atoms with Gasteiger partial charge in [0.25, 0.3) is 0 Å². The maximum Gasteiger partial charge on any atom is -0.0181 e. The van der Waals surface area contributed by atoms with Gasteiger partial charge in [0.15, 0.2) is 0 Å². The summed E-state index contributed by atoms with van der Waals surface area (Å²) < 4.78 is 0. The number of benzene rings is 2. The summed E-state index contributed by atoms with van der Waals surface area (Å²) in [6.07, 6.45) is 1.19. The maximum atomic E-state index is 2.32. The summed E-state index contributed by atoms with van der Waals surface area (Å²) in [7, 11) is 0. The van der Waals surface area contributed by atoms with E-state index in [2.05, 4.69) is 69.3 Å². The Hall–Kier alpha value is -1.56. The van der Waals surface area contributed by atoms with Crippen LogP contribution < -0.4 is 0 Å². The van der Waals surface area contributed by atoms with Crippen LogP contribution in [0.3, 0.4) is 0 Å². The summed E-state index contributed by atoms with van der Waals surface area (Å²) in [4.78, 5) is 0. The van der Waals surface area contributed by atoms with E-state index in [0.717, 1.165) is 0 Å². The Balaban J connectivity index is 2.39. The molecule has 0 radical (unpaired) electrons. The first-order valence-corrected chi connectivity index (χ1v) is 6.37. The largest absolute Gasteiger partial charge is 0.0648 e. The molecule has 88 valence electrons. The van der Waals surface area contributed by atoms with E-state index in [4.69, 9.17) is 0 Å². The van der Waals surface area contributed by atoms with Crippen molar-refractivity contribution in [3.8, 4) is 11.1 Å². The standard InChI is InChI=1S/C17H20/c1-4-14(3)15-8-6-10-17(12-15)16-9-5-7-13(2)11-16/h5-12,14H,4H2,1-3H3. The van der Waals surface area contributed by atoms with Gasteiger partial charge in [0.05, 0.1) is 0 Å². The van der Waals surface area contributed by atoms with E-state index >= 15 is 0 Å². The average Bonchev–Trinajstić information content (AvgIpc) is 2.38. The predicted octanol–water partition coefficient (Wildman–Crippen LogP) is 5.18. The van der Waals surface area contributed by atoms with Gasteiger partial charge in [0, 0.05) is 0 Å². The van der Waals surface area contributed by atoms with Gasteiger partial charge < -0.3 is 0 Å². The van der Waals surface area contributed by atoms with Crippen molar-refractivity contribution in [1.29, 1.82) is 0 Å². The van der Waals surface area contributed by atoms with E-state index in [0.29, 0.717) is 5.92 Å². The highest BCUT2D eigenvalue weighted by molar-refractivity contribution is 5.65. The SMILES string of the molecule is CCC(C)c1cccc(-c2cccc(C)c2)c1. The van der Waals surface area contributed by atoms with Gasteiger partial charge in [-0.25, -0.2) is 0 Å². The first-order chi connectivity index (χ1) is 8.20. The molecule has 0 aliphatic rings. The van der Waals surface area contributed by atoms with Crippen molar-refractivity contribution in [2.45, 2.75) is 33.1 Å². The van der Waals surface area contributed by atoms with E-state index in [1.165, 1.54) is 28.7 Å². The molecular weight excluding hydrogens is 204 g/mol. The average molecular weight is 224 g/mol. The van der Waals surface area contributed by atoms with Gasteiger partial charge in [-0.15, -0.1) is 0 Å². The number of aryl methyl sites for hydroxylation is 1. The van der Waals surface area contributed by atoms with Crippen LogP contribution in [0.5, 0.6) is 0 Å². The molecule has 0 bridgehead atoms. The van der Waals surface area contributed by atoms with E-state index in [9.17, 15) is 0 Å². The molecule has 0 aliphatic carbocycles. The second-order valence-electron chi connectivity index (χ2n) is 4.80. The fourth-order valence-corrected chi connectivity index (χ4v) is 2.09. The van der Waals surface area contributed by atoms with Crippen LogP contribution in [0.15, 0.2) is 48.5 Å². The molecule has 0 spiro atoms. The first-order valence-electron chi connectivity index (χ1n) is 6.37. The molecule has 0 aliphatic heterocycles. The van der Waals surface area contributed by atoms with E-state index < -0.39 is 0 Å². The molecule has 0 nitrogen and oxygen atoms in total. The Bertz CT molecular complexity index is 497. The van der Waals surface area contributed by atoms with Crippen molar-refractivity contribution >= 4 is 0 Å². The van der Waals surface area contributed by atoms with E-state index in [1.54, 1.807) is 0 Å². The zero-order chi connectivity index (χ0) is 12.3. The van der Waals surface area contributed by atoms with Gasteiger partial charge in [0.1, 0.15) is 0 Å². The van der Waals surface area contributed by atoms with Gasteiger partial charge in [-0.1, -0.05) is 67.9 Å². The van der Waals surface area contributed by atoms with Gasteiger partial charge in [0.2, 0.25) is 0 Å². The Kier molecular flexibility index (Phi) is 3.63. The summed E-state index contributed by atoms with van der Waals surface area (Å²) >= 11 is 0. The molecule has 2 aromatic carbocycles. The molecular formula is C17H20. The Morgan fingerprint density at radius 2 is 1.59 bits per heavy atom. The quantitative estimate of drug-likeness (QED) is 0.674. The highest BCUT2D eigenvalue weighted by Gasteiger charge is 2.04. The van der Waals surface area contributed by atoms with Gasteiger partial charge in [-0.2, -0.15) is 0 Å². The number of rotatable bonds is 3. The molecule has 2 aromatic rings. The molecule has 0 aromatic heterocycles. The Morgan fingerprint density at radius 1 is 0.941 bits per heavy atom. The van der Waals surface area contributed by atoms with Crippen molar-refractivity contribution in [3.63, 3.8) is 0 Å². The molecule has 1 atom stereocenters. The third-order valence-corrected chi connectivity index (χ3v) is 3.42. The summed E-state index contributed by atoms with van der Waals surface area (Å²) in [6.45, 7) is 6.67. The van der Waals surface area contributed by atoms with Crippen LogP contribution >= 0.6 is 0 Å². The lowest BCUT2D eigenvalue weighted by atomic mass is 9.94. The zero-order valence-electron chi connectivity index (χ0n) is 10.9. The molecule has 17 heavy (non-hydrogen) atoms. The minimum atomic E-state index is 0.639. The molecule has 0 fully saturated rings. The van der Waals surface area contributed by atoms with Crippen molar-refractivity contribution in [1.82, 2.24) is 0 Å². The van der Waals surface area contributed by atoms with Crippen molar-refractivity contribution < 1.29 is 0 Å². The second kappa shape index (κ2) is 5.18. The van der Waals surface area contributed by atoms with Crippen molar-refractivity contribution in [2.24, 2.45) is 0 Å². The van der Waals surface area contributed by atoms with Crippen LogP contribution in [0, 0.1) is 6.92 Å². The highest BCUT2D eigenvalue weighted by Crippen LogP contribution is 2.25. The molecule has 0 amide bonds. The molecule has 0 N–H and O–H groups in total. The van der Waals surface area contributed by atoms with Gasteiger partial charge in [-0.05, 0) is 36.0 Å². The fraction of sp³-hybridized carbons (Fsp3) is 0.294. The second-order valence-corrected chi connectivity index (χ2v) is 4.80. The maximum absolute atomic E-state index is 2.32. The van der Waals surface area contributed by atoms with Crippen LogP contribution in [0.2, 0.25) is 0 Å². The monoisotopic (exact) mass is 224 g/mol. The highest BCUT2D eigenvalue weighted by atomic mass is 14.1. The smallest absolute Gasteiger partial charge is 0.0181 e. The zero-order valence-corrected chi connectivity index (χ0v) is 10.9. The topological polar surface area (TPSA) is 0 Å². The van der Waals surface area contributed by atoms with Gasteiger partial charge >= 0.3 is 0 Å². The Labute approximate surface area is 104 Å². The lowest BCUT2D eigenvalue weighted by Crippen LogP contribution is -1.91. The summed E-state index contributed by atoms with van der Waals surface area (Å²) in [5.41, 5.74) is 5.39. The number of hydrogen-bond acceptors (Lipinski definition) is 0. The van der Waals surface area contributed by atoms with E-state index in [1.807, 2.05) is 0 Å². The summed E-state index contributed by atoms with van der Waals surface area (Å²) in [6, 6.07) is 17.6. The summed E-state index contributed by atoms with van der Waals surface area (Å²) in [5.74, 6) is 0.639. The van der Waals surface area contributed by atoms with Gasteiger partial charge in [-0.3, -0.25) is 0 Å². The molecule has 1 unspecified atom stereocenters. The molecule has 0 heterocycles. The lowest BCUT2D eigenvalue weighted by Gasteiger charge is -2.11. The predicted molar refractivity (Wildman–Crippen MR) is 75.3 cm³/mol. The molecule has 2 rings (SSSR count).